The fraction of sp³-hybridized carbons (Fsp3) is 0.700. The number of carbonyl (C=O) groups excluding carboxylic acids is 5. The van der Waals surface area contributed by atoms with Gasteiger partial charge in [-0.2, -0.15) is 0 Å². The van der Waals surface area contributed by atoms with Crippen molar-refractivity contribution in [3.8, 4) is 0 Å². The Labute approximate surface area is 239 Å². The maximum Gasteiger partial charge on any atom is 0.325 e. The SMILES string of the molecule is C=C1/C=C/C(=O)N(C)CC(=O)OC(CCCCCCCCCCC(C)C)C(C)C(=O)C(C)(O)C(=O)NCC(=O)N1. The number of esters is 1. The van der Waals surface area contributed by atoms with Crippen LogP contribution >= 0.6 is 0 Å². The first kappa shape index (κ1) is 35.0. The van der Waals surface area contributed by atoms with E-state index >= 15 is 0 Å². The molecule has 3 amide bonds. The minimum absolute atomic E-state index is 0.0792. The lowest BCUT2D eigenvalue weighted by Crippen LogP contribution is -2.55. The van der Waals surface area contributed by atoms with Gasteiger partial charge in [-0.3, -0.25) is 24.0 Å². The number of ketones is 1. The molecule has 0 aromatic rings. The summed E-state index contributed by atoms with van der Waals surface area (Å²) in [6.45, 7) is 9.76. The molecule has 0 bridgehead atoms. The van der Waals surface area contributed by atoms with E-state index in [0.717, 1.165) is 43.1 Å². The number of ether oxygens (including phenoxy) is 1. The van der Waals surface area contributed by atoms with Crippen LogP contribution in [0.15, 0.2) is 24.4 Å². The summed E-state index contributed by atoms with van der Waals surface area (Å²) in [6, 6.07) is 0. The van der Waals surface area contributed by atoms with Gasteiger partial charge in [0.05, 0.1) is 12.5 Å². The molecule has 0 aromatic heterocycles. The minimum atomic E-state index is -2.45. The number of hydrogen-bond acceptors (Lipinski definition) is 7. The van der Waals surface area contributed by atoms with Crippen LogP contribution in [0.5, 0.6) is 0 Å². The minimum Gasteiger partial charge on any atom is -0.460 e. The lowest BCUT2D eigenvalue weighted by molar-refractivity contribution is -0.162. The topological polar surface area (TPSA) is 142 Å². The third-order valence-corrected chi connectivity index (χ3v) is 7.08. The summed E-state index contributed by atoms with van der Waals surface area (Å²) in [5.74, 6) is -4.02. The molecule has 0 radical (unpaired) electrons. The van der Waals surface area contributed by atoms with Gasteiger partial charge >= 0.3 is 5.97 Å². The Morgan fingerprint density at radius 1 is 1.02 bits per heavy atom. The second-order valence-corrected chi connectivity index (χ2v) is 11.3. The Morgan fingerprint density at radius 2 is 1.60 bits per heavy atom. The van der Waals surface area contributed by atoms with Crippen LogP contribution < -0.4 is 10.6 Å². The van der Waals surface area contributed by atoms with Crippen molar-refractivity contribution in [2.24, 2.45) is 11.8 Å². The molecule has 1 rings (SSSR count). The number of nitrogens with zero attached hydrogens (tertiary/aromatic N) is 1. The molecular formula is C30H49N3O7. The summed E-state index contributed by atoms with van der Waals surface area (Å²) in [7, 11) is 1.42. The van der Waals surface area contributed by atoms with E-state index < -0.39 is 53.6 Å². The van der Waals surface area contributed by atoms with E-state index in [0.29, 0.717) is 12.8 Å². The zero-order chi connectivity index (χ0) is 30.3. The standard InChI is InChI=1S/C30H49N3O7/c1-21(2)15-13-11-9-7-8-10-12-14-16-24-23(4)28(37)30(5,39)29(38)31-19-25(34)32-22(3)17-18-26(35)33(6)20-27(36)40-24/h17-18,21,23-24,39H,3,7-16,19-20H2,1-2,4-6H3,(H,31,38)(H,32,34)/b18-17+. The zero-order valence-corrected chi connectivity index (χ0v) is 24.9. The molecule has 1 aliphatic heterocycles. The van der Waals surface area contributed by atoms with Crippen molar-refractivity contribution < 1.29 is 33.8 Å². The number of Topliss-reactive ketones (excluding diaryl/α,β-unsaturated/α-hetero) is 1. The van der Waals surface area contributed by atoms with E-state index in [2.05, 4.69) is 31.1 Å². The summed E-state index contributed by atoms with van der Waals surface area (Å²) in [5, 5.41) is 15.4. The molecule has 0 aromatic carbocycles. The van der Waals surface area contributed by atoms with Gasteiger partial charge in [0.15, 0.2) is 11.4 Å². The summed E-state index contributed by atoms with van der Waals surface area (Å²) in [4.78, 5) is 64.2. The highest BCUT2D eigenvalue weighted by Gasteiger charge is 2.44. The Hall–Kier alpha value is -3.01. The number of carbonyl (C=O) groups is 5. The number of unbranched alkanes of at least 4 members (excludes halogenated alkanes) is 7. The van der Waals surface area contributed by atoms with Crippen LogP contribution in [0, 0.1) is 11.8 Å². The van der Waals surface area contributed by atoms with Crippen LogP contribution in [0.25, 0.3) is 0 Å². The predicted octanol–water partition coefficient (Wildman–Crippen LogP) is 3.19. The van der Waals surface area contributed by atoms with Crippen LogP contribution in [0.3, 0.4) is 0 Å². The number of nitrogens with one attached hydrogen (secondary N) is 2. The first-order valence-corrected chi connectivity index (χ1v) is 14.4. The number of likely N-dealkylation sites (N-methyl/N-ethyl adjacent to an activating group) is 1. The second kappa shape index (κ2) is 17.6. The van der Waals surface area contributed by atoms with Crippen molar-refractivity contribution in [2.45, 2.75) is 104 Å². The highest BCUT2D eigenvalue weighted by atomic mass is 16.5. The lowest BCUT2D eigenvalue weighted by Gasteiger charge is -2.29. The van der Waals surface area contributed by atoms with Crippen LogP contribution in [0.1, 0.15) is 91.9 Å². The predicted molar refractivity (Wildman–Crippen MR) is 153 cm³/mol. The van der Waals surface area contributed by atoms with Crippen LogP contribution in [-0.4, -0.2) is 71.3 Å². The van der Waals surface area contributed by atoms with Crippen molar-refractivity contribution in [1.29, 1.82) is 0 Å². The molecule has 10 nitrogen and oxygen atoms in total. The van der Waals surface area contributed by atoms with Gasteiger partial charge in [0.1, 0.15) is 12.6 Å². The molecule has 0 spiro atoms. The van der Waals surface area contributed by atoms with Gasteiger partial charge in [0.2, 0.25) is 11.8 Å². The smallest absolute Gasteiger partial charge is 0.325 e. The molecular weight excluding hydrogens is 514 g/mol. The Bertz CT molecular complexity index is 926. The summed E-state index contributed by atoms with van der Waals surface area (Å²) >= 11 is 0. The molecule has 0 saturated carbocycles. The van der Waals surface area contributed by atoms with Gasteiger partial charge in [0, 0.05) is 18.8 Å². The third-order valence-electron chi connectivity index (χ3n) is 7.08. The van der Waals surface area contributed by atoms with Gasteiger partial charge < -0.3 is 25.4 Å². The Morgan fingerprint density at radius 3 is 2.20 bits per heavy atom. The molecule has 226 valence electrons. The fourth-order valence-electron chi connectivity index (χ4n) is 4.47. The molecule has 3 unspecified atom stereocenters. The normalized spacial score (nSPS) is 24.9. The molecule has 0 aliphatic carbocycles. The largest absolute Gasteiger partial charge is 0.460 e. The summed E-state index contributed by atoms with van der Waals surface area (Å²) in [6.07, 6.45) is 11.7. The third kappa shape index (κ3) is 12.9. The molecule has 1 aliphatic rings. The molecule has 1 heterocycles. The number of rotatable bonds is 11. The van der Waals surface area contributed by atoms with Crippen LogP contribution in [0.2, 0.25) is 0 Å². The zero-order valence-electron chi connectivity index (χ0n) is 24.9. The van der Waals surface area contributed by atoms with Gasteiger partial charge in [-0.25, -0.2) is 0 Å². The molecule has 0 saturated heterocycles. The quantitative estimate of drug-likeness (QED) is 0.199. The Balaban J connectivity index is 2.88. The van der Waals surface area contributed by atoms with E-state index in [-0.39, 0.29) is 12.2 Å². The van der Waals surface area contributed by atoms with Crippen molar-refractivity contribution in [3.05, 3.63) is 24.4 Å². The lowest BCUT2D eigenvalue weighted by atomic mass is 9.85. The van der Waals surface area contributed by atoms with E-state index in [9.17, 15) is 29.1 Å². The van der Waals surface area contributed by atoms with E-state index in [1.165, 1.54) is 52.2 Å². The summed E-state index contributed by atoms with van der Waals surface area (Å²) < 4.78 is 5.63. The van der Waals surface area contributed by atoms with Crippen molar-refractivity contribution in [3.63, 3.8) is 0 Å². The monoisotopic (exact) mass is 563 g/mol. The maximum atomic E-state index is 13.2. The van der Waals surface area contributed by atoms with E-state index in [4.69, 9.17) is 4.74 Å². The molecule has 10 heteroatoms. The van der Waals surface area contributed by atoms with Gasteiger partial charge in [-0.15, -0.1) is 0 Å². The molecule has 3 N–H and O–H groups in total. The highest BCUT2D eigenvalue weighted by molar-refractivity contribution is 6.10. The Kier molecular flexibility index (Phi) is 15.4. The van der Waals surface area contributed by atoms with Crippen molar-refractivity contribution in [1.82, 2.24) is 15.5 Å². The first-order chi connectivity index (χ1) is 18.7. The van der Waals surface area contributed by atoms with Gasteiger partial charge in [-0.1, -0.05) is 78.7 Å². The molecule has 3 atom stereocenters. The van der Waals surface area contributed by atoms with E-state index in [1.54, 1.807) is 0 Å². The first-order valence-electron chi connectivity index (χ1n) is 14.4. The highest BCUT2D eigenvalue weighted by Crippen LogP contribution is 2.23. The fourth-order valence-corrected chi connectivity index (χ4v) is 4.47. The number of cyclic esters (lactones) is 1. The number of amides is 3. The molecule has 40 heavy (non-hydrogen) atoms. The van der Waals surface area contributed by atoms with Crippen LogP contribution in [0.4, 0.5) is 0 Å². The second-order valence-electron chi connectivity index (χ2n) is 11.3. The average molecular weight is 564 g/mol. The molecule has 0 fully saturated rings. The van der Waals surface area contributed by atoms with Crippen molar-refractivity contribution in [2.75, 3.05) is 20.1 Å². The van der Waals surface area contributed by atoms with E-state index in [1.807, 2.05) is 0 Å². The number of aliphatic hydroxyl groups is 1. The van der Waals surface area contributed by atoms with Crippen LogP contribution in [-0.2, 0) is 28.7 Å². The van der Waals surface area contributed by atoms with Gasteiger partial charge in [0.25, 0.3) is 5.91 Å². The number of allylic oxidation sites excluding steroid dienone is 1. The summed E-state index contributed by atoms with van der Waals surface area (Å²) in [5.41, 5.74) is -2.37. The average Bonchev–Trinajstić information content (AvgIpc) is 2.88. The number of hydrogen-bond donors (Lipinski definition) is 3. The maximum absolute atomic E-state index is 13.2. The van der Waals surface area contributed by atoms with Gasteiger partial charge in [-0.05, 0) is 31.8 Å². The van der Waals surface area contributed by atoms with Crippen molar-refractivity contribution >= 4 is 29.5 Å².